The maximum absolute atomic E-state index is 12.3. The van der Waals surface area contributed by atoms with E-state index >= 15 is 0 Å². The van der Waals surface area contributed by atoms with Gasteiger partial charge in [-0.25, -0.2) is 0 Å². The van der Waals surface area contributed by atoms with Gasteiger partial charge in [0.25, 0.3) is 5.91 Å². The lowest BCUT2D eigenvalue weighted by Gasteiger charge is -2.07. The Bertz CT molecular complexity index is 547. The van der Waals surface area contributed by atoms with Gasteiger partial charge in [-0.2, -0.15) is 18.3 Å². The molecule has 0 atom stereocenters. The minimum Gasteiger partial charge on any atom is -0.348 e. The molecule has 1 aromatic carbocycles. The summed E-state index contributed by atoms with van der Waals surface area (Å²) in [6, 6.07) is 4.06. The van der Waals surface area contributed by atoms with Crippen molar-refractivity contribution in [1.29, 1.82) is 0 Å². The first-order chi connectivity index (χ1) is 8.97. The molecule has 19 heavy (non-hydrogen) atoms. The number of H-pyrrole nitrogens is 1. The van der Waals surface area contributed by atoms with Crippen LogP contribution >= 0.6 is 0 Å². The lowest BCUT2D eigenvalue weighted by atomic mass is 10.1. The van der Waals surface area contributed by atoms with Gasteiger partial charge in [0.2, 0.25) is 0 Å². The summed E-state index contributed by atoms with van der Waals surface area (Å²) in [5.74, 6) is -0.435. The zero-order valence-electron chi connectivity index (χ0n) is 9.66. The van der Waals surface area contributed by atoms with Gasteiger partial charge < -0.3 is 5.32 Å². The molecule has 0 aliphatic rings. The van der Waals surface area contributed by atoms with Gasteiger partial charge >= 0.3 is 6.18 Å². The fraction of sp³-hybridized carbons (Fsp3) is 0.167. The number of aromatic amines is 1. The van der Waals surface area contributed by atoms with E-state index in [0.717, 1.165) is 29.8 Å². The Kier molecular flexibility index (Phi) is 3.55. The van der Waals surface area contributed by atoms with E-state index in [2.05, 4.69) is 15.5 Å². The molecule has 100 valence electrons. The van der Waals surface area contributed by atoms with Crippen LogP contribution in [-0.4, -0.2) is 16.1 Å². The van der Waals surface area contributed by atoms with Gasteiger partial charge in [-0.1, -0.05) is 0 Å². The summed E-state index contributed by atoms with van der Waals surface area (Å²) < 4.78 is 37.0. The third kappa shape index (κ3) is 3.34. The van der Waals surface area contributed by atoms with Crippen molar-refractivity contribution in [1.82, 2.24) is 15.5 Å². The number of carbonyl (C=O) groups is 1. The number of aromatic nitrogens is 2. The number of rotatable bonds is 3. The molecule has 0 aliphatic carbocycles. The molecule has 2 rings (SSSR count). The molecule has 0 aliphatic heterocycles. The summed E-state index contributed by atoms with van der Waals surface area (Å²) in [6.45, 7) is 0.260. The molecule has 7 heteroatoms. The quantitative estimate of drug-likeness (QED) is 0.898. The van der Waals surface area contributed by atoms with Crippen LogP contribution in [-0.2, 0) is 12.7 Å². The first kappa shape index (κ1) is 13.1. The number of nitrogens with zero attached hydrogens (tertiary/aromatic N) is 1. The molecule has 4 nitrogen and oxygen atoms in total. The van der Waals surface area contributed by atoms with E-state index in [1.807, 2.05) is 0 Å². The second-order valence-corrected chi connectivity index (χ2v) is 3.86. The second-order valence-electron chi connectivity index (χ2n) is 3.86. The summed E-state index contributed by atoms with van der Waals surface area (Å²) >= 11 is 0. The van der Waals surface area contributed by atoms with Gasteiger partial charge in [0.1, 0.15) is 0 Å². The topological polar surface area (TPSA) is 57.8 Å². The Morgan fingerprint density at radius 3 is 2.47 bits per heavy atom. The van der Waals surface area contributed by atoms with Crippen LogP contribution in [0.2, 0.25) is 0 Å². The van der Waals surface area contributed by atoms with Gasteiger partial charge in [0, 0.05) is 23.9 Å². The van der Waals surface area contributed by atoms with Gasteiger partial charge in [-0.05, 0) is 24.3 Å². The molecule has 0 saturated heterocycles. The molecule has 1 amide bonds. The molecule has 0 unspecified atom stereocenters. The van der Waals surface area contributed by atoms with Crippen molar-refractivity contribution in [3.8, 4) is 0 Å². The molecule has 0 fully saturated rings. The number of hydrogen-bond acceptors (Lipinski definition) is 2. The highest BCUT2D eigenvalue weighted by atomic mass is 19.4. The number of hydrogen-bond donors (Lipinski definition) is 2. The van der Waals surface area contributed by atoms with Crippen molar-refractivity contribution in [2.75, 3.05) is 0 Å². The standard InChI is InChI=1S/C12H10F3N3O/c13-12(14,15)10-3-1-9(2-4-10)11(19)16-5-8-6-17-18-7-8/h1-4,6-7H,5H2,(H,16,19)(H,17,18). The minimum atomic E-state index is -4.40. The highest BCUT2D eigenvalue weighted by molar-refractivity contribution is 5.94. The number of nitrogens with one attached hydrogen (secondary N) is 2. The molecule has 1 aromatic heterocycles. The van der Waals surface area contributed by atoms with Crippen LogP contribution in [0.4, 0.5) is 13.2 Å². The molecule has 0 spiro atoms. The molecular weight excluding hydrogens is 259 g/mol. The monoisotopic (exact) mass is 269 g/mol. The van der Waals surface area contributed by atoms with Gasteiger partial charge in [-0.15, -0.1) is 0 Å². The molecule has 1 heterocycles. The Morgan fingerprint density at radius 1 is 1.26 bits per heavy atom. The number of alkyl halides is 3. The van der Waals surface area contributed by atoms with E-state index in [9.17, 15) is 18.0 Å². The first-order valence-corrected chi connectivity index (χ1v) is 5.40. The fourth-order valence-electron chi connectivity index (χ4n) is 1.47. The molecule has 0 saturated carbocycles. The lowest BCUT2D eigenvalue weighted by molar-refractivity contribution is -0.137. The summed E-state index contributed by atoms with van der Waals surface area (Å²) in [5, 5.41) is 8.88. The zero-order valence-corrected chi connectivity index (χ0v) is 9.66. The third-order valence-corrected chi connectivity index (χ3v) is 2.48. The van der Waals surface area contributed by atoms with Gasteiger partial charge in [-0.3, -0.25) is 9.89 Å². The Labute approximate surface area is 106 Å². The van der Waals surface area contributed by atoms with E-state index in [1.165, 1.54) is 0 Å². The molecule has 0 radical (unpaired) electrons. The first-order valence-electron chi connectivity index (χ1n) is 5.40. The lowest BCUT2D eigenvalue weighted by Crippen LogP contribution is -2.22. The molecular formula is C12H10F3N3O. The van der Waals surface area contributed by atoms with Crippen molar-refractivity contribution in [2.45, 2.75) is 12.7 Å². The summed E-state index contributed by atoms with van der Waals surface area (Å²) in [5.41, 5.74) is 0.177. The summed E-state index contributed by atoms with van der Waals surface area (Å²) in [6.07, 6.45) is -1.23. The van der Waals surface area contributed by atoms with Crippen molar-refractivity contribution < 1.29 is 18.0 Å². The maximum atomic E-state index is 12.3. The number of amides is 1. The van der Waals surface area contributed by atoms with Crippen LogP contribution in [0.25, 0.3) is 0 Å². The van der Waals surface area contributed by atoms with Crippen molar-refractivity contribution >= 4 is 5.91 Å². The van der Waals surface area contributed by atoms with Gasteiger partial charge in [0.05, 0.1) is 11.8 Å². The number of carbonyl (C=O) groups excluding carboxylic acids is 1. The average molecular weight is 269 g/mol. The molecule has 0 bridgehead atoms. The van der Waals surface area contributed by atoms with Crippen molar-refractivity contribution in [3.63, 3.8) is 0 Å². The normalized spacial score (nSPS) is 11.3. The van der Waals surface area contributed by atoms with Crippen LogP contribution in [0.15, 0.2) is 36.7 Å². The number of benzene rings is 1. The Hall–Kier alpha value is -2.31. The number of halogens is 3. The highest BCUT2D eigenvalue weighted by Gasteiger charge is 2.30. The maximum Gasteiger partial charge on any atom is 0.416 e. The van der Waals surface area contributed by atoms with E-state index < -0.39 is 17.6 Å². The van der Waals surface area contributed by atoms with Crippen LogP contribution in [0.1, 0.15) is 21.5 Å². The fourth-order valence-corrected chi connectivity index (χ4v) is 1.47. The highest BCUT2D eigenvalue weighted by Crippen LogP contribution is 2.29. The summed E-state index contributed by atoms with van der Waals surface area (Å²) in [4.78, 5) is 11.7. The summed E-state index contributed by atoms with van der Waals surface area (Å²) in [7, 11) is 0. The smallest absolute Gasteiger partial charge is 0.348 e. The van der Waals surface area contributed by atoms with Gasteiger partial charge in [0.15, 0.2) is 0 Å². The minimum absolute atomic E-state index is 0.177. The Balaban J connectivity index is 2.00. The van der Waals surface area contributed by atoms with Crippen LogP contribution in [0.5, 0.6) is 0 Å². The van der Waals surface area contributed by atoms with E-state index in [4.69, 9.17) is 0 Å². The van der Waals surface area contributed by atoms with E-state index in [0.29, 0.717) is 0 Å². The van der Waals surface area contributed by atoms with E-state index in [-0.39, 0.29) is 12.1 Å². The second kappa shape index (κ2) is 5.13. The third-order valence-electron chi connectivity index (χ3n) is 2.48. The predicted octanol–water partition coefficient (Wildman–Crippen LogP) is 2.36. The molecule has 2 aromatic rings. The van der Waals surface area contributed by atoms with E-state index in [1.54, 1.807) is 12.4 Å². The van der Waals surface area contributed by atoms with Crippen LogP contribution < -0.4 is 5.32 Å². The van der Waals surface area contributed by atoms with Crippen LogP contribution in [0, 0.1) is 0 Å². The molecule has 2 N–H and O–H groups in total. The van der Waals surface area contributed by atoms with Crippen LogP contribution in [0.3, 0.4) is 0 Å². The predicted molar refractivity (Wildman–Crippen MR) is 61.2 cm³/mol. The SMILES string of the molecule is O=C(NCc1cn[nH]c1)c1ccc(C(F)(F)F)cc1. The van der Waals surface area contributed by atoms with Crippen molar-refractivity contribution in [2.24, 2.45) is 0 Å². The van der Waals surface area contributed by atoms with Crippen molar-refractivity contribution in [3.05, 3.63) is 53.3 Å². The average Bonchev–Trinajstić information content (AvgIpc) is 2.88. The zero-order chi connectivity index (χ0) is 13.9. The largest absolute Gasteiger partial charge is 0.416 e. The Morgan fingerprint density at radius 2 is 1.95 bits per heavy atom.